The molecule has 0 unspecified atom stereocenters. The van der Waals surface area contributed by atoms with Gasteiger partial charge < -0.3 is 15.7 Å². The van der Waals surface area contributed by atoms with Gasteiger partial charge in [0.1, 0.15) is 0 Å². The van der Waals surface area contributed by atoms with Crippen LogP contribution in [-0.2, 0) is 0 Å². The van der Waals surface area contributed by atoms with Gasteiger partial charge in [0.2, 0.25) is 5.95 Å². The lowest BCUT2D eigenvalue weighted by Gasteiger charge is -2.27. The van der Waals surface area contributed by atoms with Crippen molar-refractivity contribution in [3.05, 3.63) is 64.7 Å². The average Bonchev–Trinajstić information content (AvgIpc) is 3.14. The van der Waals surface area contributed by atoms with Crippen molar-refractivity contribution in [2.45, 2.75) is 31.8 Å². The maximum absolute atomic E-state index is 12.4. The van der Waals surface area contributed by atoms with Gasteiger partial charge in [-0.3, -0.25) is 9.78 Å². The van der Waals surface area contributed by atoms with Gasteiger partial charge in [-0.1, -0.05) is 18.9 Å². The second-order valence-corrected chi connectivity index (χ2v) is 7.40. The molecule has 9 nitrogen and oxygen atoms in total. The van der Waals surface area contributed by atoms with E-state index >= 15 is 0 Å². The SMILES string of the molecule is O=C(NC[C@@H]1CCCC[C@@H]1O)c1ccc(Nc2nn(-c3ccccn3)c(=O)[nH]2)cc1. The average molecular weight is 408 g/mol. The largest absolute Gasteiger partial charge is 0.393 e. The quantitative estimate of drug-likeness (QED) is 0.494. The minimum atomic E-state index is -0.405. The molecule has 2 aromatic heterocycles. The van der Waals surface area contributed by atoms with E-state index in [0.29, 0.717) is 23.6 Å². The molecule has 4 N–H and O–H groups in total. The highest BCUT2D eigenvalue weighted by Gasteiger charge is 2.23. The number of rotatable bonds is 6. The number of carbonyl (C=O) groups excluding carboxylic acids is 1. The Balaban J connectivity index is 1.37. The van der Waals surface area contributed by atoms with E-state index in [0.717, 1.165) is 25.7 Å². The first-order chi connectivity index (χ1) is 14.6. The molecular formula is C21H24N6O3. The Morgan fingerprint density at radius 2 is 1.97 bits per heavy atom. The van der Waals surface area contributed by atoms with Crippen molar-refractivity contribution in [2.24, 2.45) is 5.92 Å². The van der Waals surface area contributed by atoms with Crippen molar-refractivity contribution in [3.63, 3.8) is 0 Å². The van der Waals surface area contributed by atoms with Crippen molar-refractivity contribution in [2.75, 3.05) is 11.9 Å². The molecule has 0 aliphatic heterocycles. The van der Waals surface area contributed by atoms with Crippen LogP contribution in [0.4, 0.5) is 11.6 Å². The molecule has 9 heteroatoms. The van der Waals surface area contributed by atoms with Crippen LogP contribution in [-0.4, -0.2) is 43.4 Å². The minimum absolute atomic E-state index is 0.120. The summed E-state index contributed by atoms with van der Waals surface area (Å²) in [6.07, 6.45) is 5.13. The van der Waals surface area contributed by atoms with Crippen LogP contribution in [0.5, 0.6) is 0 Å². The third-order valence-electron chi connectivity index (χ3n) is 5.29. The van der Waals surface area contributed by atoms with Crippen LogP contribution in [0.2, 0.25) is 0 Å². The van der Waals surface area contributed by atoms with Gasteiger partial charge in [0.25, 0.3) is 5.91 Å². The summed E-state index contributed by atoms with van der Waals surface area (Å²) < 4.78 is 1.17. The highest BCUT2D eigenvalue weighted by atomic mass is 16.3. The molecule has 30 heavy (non-hydrogen) atoms. The Labute approximate surface area is 173 Å². The number of hydrogen-bond donors (Lipinski definition) is 4. The highest BCUT2D eigenvalue weighted by Crippen LogP contribution is 2.23. The summed E-state index contributed by atoms with van der Waals surface area (Å²) in [5.74, 6) is 0.637. The number of hydrogen-bond acceptors (Lipinski definition) is 6. The van der Waals surface area contributed by atoms with Crippen LogP contribution in [0.25, 0.3) is 5.82 Å². The predicted molar refractivity (Wildman–Crippen MR) is 112 cm³/mol. The number of anilines is 2. The number of nitrogens with one attached hydrogen (secondary N) is 3. The van der Waals surface area contributed by atoms with Gasteiger partial charge in [0, 0.05) is 29.9 Å². The number of amides is 1. The van der Waals surface area contributed by atoms with Crippen LogP contribution in [0.3, 0.4) is 0 Å². The lowest BCUT2D eigenvalue weighted by Crippen LogP contribution is -2.36. The van der Waals surface area contributed by atoms with Gasteiger partial charge in [-0.15, -0.1) is 5.10 Å². The Kier molecular flexibility index (Phi) is 5.89. The van der Waals surface area contributed by atoms with E-state index in [1.54, 1.807) is 48.7 Å². The van der Waals surface area contributed by atoms with Crippen LogP contribution in [0.1, 0.15) is 36.0 Å². The Bertz CT molecular complexity index is 1040. The zero-order valence-electron chi connectivity index (χ0n) is 16.4. The molecule has 1 saturated carbocycles. The van der Waals surface area contributed by atoms with E-state index in [1.807, 2.05) is 0 Å². The molecule has 2 heterocycles. The van der Waals surface area contributed by atoms with Crippen molar-refractivity contribution >= 4 is 17.5 Å². The number of H-pyrrole nitrogens is 1. The zero-order chi connectivity index (χ0) is 20.9. The second kappa shape index (κ2) is 8.91. The standard InChI is InChI=1S/C21H24N6O3/c28-17-6-2-1-5-15(17)13-23-19(29)14-8-10-16(11-9-14)24-20-25-21(30)27(26-20)18-7-3-4-12-22-18/h3-4,7-12,15,17,28H,1-2,5-6,13H2,(H,23,29)(H2,24,25,26,30)/t15-,17-/m0/s1. The molecule has 1 aliphatic carbocycles. The number of nitrogens with zero attached hydrogens (tertiary/aromatic N) is 3. The number of aliphatic hydroxyl groups excluding tert-OH is 1. The fraction of sp³-hybridized carbons (Fsp3) is 0.333. The number of aliphatic hydroxyl groups is 1. The molecule has 0 bridgehead atoms. The first-order valence-electron chi connectivity index (χ1n) is 10.0. The van der Waals surface area contributed by atoms with Crippen LogP contribution >= 0.6 is 0 Å². The summed E-state index contributed by atoms with van der Waals surface area (Å²) in [6, 6.07) is 12.1. The maximum atomic E-state index is 12.4. The number of pyridine rings is 1. The first kappa shape index (κ1) is 19.8. The third kappa shape index (κ3) is 4.57. The van der Waals surface area contributed by atoms with Crippen molar-refractivity contribution < 1.29 is 9.90 Å². The lowest BCUT2D eigenvalue weighted by atomic mass is 9.86. The molecule has 2 atom stereocenters. The summed E-state index contributed by atoms with van der Waals surface area (Å²) in [5, 5.41) is 20.1. The molecule has 1 amide bonds. The van der Waals surface area contributed by atoms with Crippen molar-refractivity contribution in [1.82, 2.24) is 25.1 Å². The molecule has 1 aromatic carbocycles. The van der Waals surface area contributed by atoms with E-state index in [-0.39, 0.29) is 23.9 Å². The van der Waals surface area contributed by atoms with E-state index in [4.69, 9.17) is 0 Å². The van der Waals surface area contributed by atoms with Gasteiger partial charge in [-0.2, -0.15) is 4.68 Å². The summed E-state index contributed by atoms with van der Waals surface area (Å²) in [4.78, 5) is 31.2. The number of benzene rings is 1. The fourth-order valence-corrected chi connectivity index (χ4v) is 3.61. The highest BCUT2D eigenvalue weighted by molar-refractivity contribution is 5.94. The molecule has 0 radical (unpaired) electrons. The van der Waals surface area contributed by atoms with Crippen molar-refractivity contribution in [3.8, 4) is 5.82 Å². The molecule has 4 rings (SSSR count). The fourth-order valence-electron chi connectivity index (χ4n) is 3.61. The molecule has 0 saturated heterocycles. The van der Waals surface area contributed by atoms with E-state index < -0.39 is 5.69 Å². The smallest absolute Gasteiger partial charge is 0.350 e. The molecule has 1 fully saturated rings. The normalized spacial score (nSPS) is 18.7. The summed E-state index contributed by atoms with van der Waals surface area (Å²) in [7, 11) is 0. The maximum Gasteiger partial charge on any atom is 0.350 e. The second-order valence-electron chi connectivity index (χ2n) is 7.40. The Morgan fingerprint density at radius 3 is 2.70 bits per heavy atom. The molecule has 0 spiro atoms. The van der Waals surface area contributed by atoms with Gasteiger partial charge in [-0.25, -0.2) is 9.78 Å². The van der Waals surface area contributed by atoms with Gasteiger partial charge in [-0.05, 0) is 49.2 Å². The zero-order valence-corrected chi connectivity index (χ0v) is 16.4. The lowest BCUT2D eigenvalue weighted by molar-refractivity contribution is 0.0663. The van der Waals surface area contributed by atoms with Gasteiger partial charge >= 0.3 is 5.69 Å². The van der Waals surface area contributed by atoms with Crippen LogP contribution in [0.15, 0.2) is 53.5 Å². The molecule has 1 aliphatic rings. The molecule has 3 aromatic rings. The monoisotopic (exact) mass is 408 g/mol. The first-order valence-corrected chi connectivity index (χ1v) is 10.0. The Morgan fingerprint density at radius 1 is 1.17 bits per heavy atom. The number of aromatic amines is 1. The summed E-state index contributed by atoms with van der Waals surface area (Å²) in [5.41, 5.74) is 0.798. The van der Waals surface area contributed by atoms with Gasteiger partial charge in [0.05, 0.1) is 6.10 Å². The molecule has 156 valence electrons. The number of aromatic nitrogens is 4. The van der Waals surface area contributed by atoms with Gasteiger partial charge in [0.15, 0.2) is 5.82 Å². The van der Waals surface area contributed by atoms with Crippen LogP contribution in [0, 0.1) is 5.92 Å². The van der Waals surface area contributed by atoms with Crippen LogP contribution < -0.4 is 16.3 Å². The van der Waals surface area contributed by atoms with E-state index in [2.05, 4.69) is 25.7 Å². The van der Waals surface area contributed by atoms with E-state index in [9.17, 15) is 14.7 Å². The Hall–Kier alpha value is -3.46. The summed E-state index contributed by atoms with van der Waals surface area (Å²) in [6.45, 7) is 0.478. The van der Waals surface area contributed by atoms with Crippen molar-refractivity contribution in [1.29, 1.82) is 0 Å². The summed E-state index contributed by atoms with van der Waals surface area (Å²) >= 11 is 0. The third-order valence-corrected chi connectivity index (χ3v) is 5.29. The van der Waals surface area contributed by atoms with E-state index in [1.165, 1.54) is 4.68 Å². The molecular weight excluding hydrogens is 384 g/mol. The predicted octanol–water partition coefficient (Wildman–Crippen LogP) is 1.98. The minimum Gasteiger partial charge on any atom is -0.393 e. The topological polar surface area (TPSA) is 125 Å². The number of carbonyl (C=O) groups is 1.